The lowest BCUT2D eigenvalue weighted by Crippen LogP contribution is -2.45. The third kappa shape index (κ3) is 2.39. The van der Waals surface area contributed by atoms with Crippen molar-refractivity contribution in [1.82, 2.24) is 15.3 Å². The van der Waals surface area contributed by atoms with E-state index in [0.29, 0.717) is 17.9 Å². The van der Waals surface area contributed by atoms with Crippen LogP contribution in [-0.4, -0.2) is 41.3 Å². The number of ether oxygens (including phenoxy) is 2. The van der Waals surface area contributed by atoms with Crippen LogP contribution in [0.3, 0.4) is 0 Å². The molecule has 7 nitrogen and oxygen atoms in total. The van der Waals surface area contributed by atoms with Crippen LogP contribution in [0, 0.1) is 0 Å². The maximum atomic E-state index is 11.4. The highest BCUT2D eigenvalue weighted by Gasteiger charge is 2.34. The minimum absolute atomic E-state index is 0.369. The Morgan fingerprint density at radius 2 is 2.18 bits per heavy atom. The van der Waals surface area contributed by atoms with Crippen molar-refractivity contribution in [3.8, 4) is 11.5 Å². The Morgan fingerprint density at radius 1 is 1.36 bits per heavy atom. The number of rotatable bonds is 4. The van der Waals surface area contributed by atoms with Crippen molar-refractivity contribution in [2.45, 2.75) is 18.5 Å². The number of fused-ring (bicyclic) bond motifs is 1. The van der Waals surface area contributed by atoms with Crippen molar-refractivity contribution in [2.75, 3.05) is 14.2 Å². The summed E-state index contributed by atoms with van der Waals surface area (Å²) in [7, 11) is 3.16. The molecule has 0 bridgehead atoms. The van der Waals surface area contributed by atoms with Gasteiger partial charge in [-0.25, -0.2) is 4.98 Å². The van der Waals surface area contributed by atoms with E-state index in [0.717, 1.165) is 17.0 Å². The molecule has 1 aliphatic heterocycles. The van der Waals surface area contributed by atoms with Gasteiger partial charge in [0.15, 0.2) is 0 Å². The maximum Gasteiger partial charge on any atom is 0.321 e. The first kappa shape index (κ1) is 14.4. The van der Waals surface area contributed by atoms with E-state index >= 15 is 0 Å². The summed E-state index contributed by atoms with van der Waals surface area (Å²) in [5, 5.41) is 12.5. The van der Waals surface area contributed by atoms with Gasteiger partial charge in [-0.2, -0.15) is 0 Å². The molecule has 0 amide bonds. The first-order valence-electron chi connectivity index (χ1n) is 6.87. The lowest BCUT2D eigenvalue weighted by atomic mass is 9.93. The lowest BCUT2D eigenvalue weighted by molar-refractivity contribution is -0.139. The molecule has 22 heavy (non-hydrogen) atoms. The van der Waals surface area contributed by atoms with Crippen LogP contribution in [0.5, 0.6) is 11.5 Å². The molecule has 2 heterocycles. The van der Waals surface area contributed by atoms with Crippen molar-refractivity contribution >= 4 is 5.97 Å². The summed E-state index contributed by atoms with van der Waals surface area (Å²) in [6.45, 7) is 0. The van der Waals surface area contributed by atoms with Crippen LogP contribution >= 0.6 is 0 Å². The van der Waals surface area contributed by atoms with Crippen LogP contribution < -0.4 is 14.8 Å². The highest BCUT2D eigenvalue weighted by molar-refractivity contribution is 5.74. The number of methoxy groups -OCH3 is 2. The van der Waals surface area contributed by atoms with E-state index in [1.54, 1.807) is 32.7 Å². The number of aromatic nitrogens is 2. The minimum Gasteiger partial charge on any atom is -0.497 e. The molecule has 0 radical (unpaired) electrons. The summed E-state index contributed by atoms with van der Waals surface area (Å²) in [5.74, 6) is 0.428. The quantitative estimate of drug-likeness (QED) is 0.783. The van der Waals surface area contributed by atoms with Gasteiger partial charge >= 0.3 is 5.97 Å². The molecule has 0 aliphatic carbocycles. The topological polar surface area (TPSA) is 96.5 Å². The molecule has 2 atom stereocenters. The highest BCUT2D eigenvalue weighted by atomic mass is 16.5. The minimum atomic E-state index is -0.896. The summed E-state index contributed by atoms with van der Waals surface area (Å²) in [6.07, 6.45) is 1.95. The molecule has 0 saturated carbocycles. The molecule has 3 N–H and O–H groups in total. The van der Waals surface area contributed by atoms with E-state index in [-0.39, 0.29) is 6.04 Å². The third-order valence-corrected chi connectivity index (χ3v) is 3.85. The number of nitrogens with zero attached hydrogens (tertiary/aromatic N) is 1. The molecule has 0 fully saturated rings. The molecule has 0 unspecified atom stereocenters. The number of nitrogens with one attached hydrogen (secondary N) is 2. The van der Waals surface area contributed by atoms with E-state index in [2.05, 4.69) is 15.3 Å². The summed E-state index contributed by atoms with van der Waals surface area (Å²) >= 11 is 0. The highest BCUT2D eigenvalue weighted by Crippen LogP contribution is 2.36. The molecule has 116 valence electrons. The van der Waals surface area contributed by atoms with E-state index in [4.69, 9.17) is 9.47 Å². The Labute approximate surface area is 127 Å². The molecular formula is C15H17N3O4. The Hall–Kier alpha value is -2.54. The van der Waals surface area contributed by atoms with E-state index in [1.807, 2.05) is 6.07 Å². The van der Waals surface area contributed by atoms with Crippen molar-refractivity contribution in [3.63, 3.8) is 0 Å². The average molecular weight is 303 g/mol. The third-order valence-electron chi connectivity index (χ3n) is 3.85. The average Bonchev–Trinajstić information content (AvgIpc) is 3.01. The van der Waals surface area contributed by atoms with Gasteiger partial charge in [-0.15, -0.1) is 0 Å². The van der Waals surface area contributed by atoms with Gasteiger partial charge < -0.3 is 19.6 Å². The van der Waals surface area contributed by atoms with Crippen LogP contribution in [0.25, 0.3) is 0 Å². The van der Waals surface area contributed by atoms with E-state index in [1.165, 1.54) is 0 Å². The lowest BCUT2D eigenvalue weighted by Gasteiger charge is -2.29. The van der Waals surface area contributed by atoms with Crippen LogP contribution in [0.2, 0.25) is 0 Å². The molecule has 1 aromatic heterocycles. The standard InChI is InChI=1S/C15H17N3O4/c1-21-8-3-4-12(22-2)9(5-8)13-14-10(16-7-17-14)6-11(18-13)15(19)20/h3-5,7,11,13,18H,6H2,1-2H3,(H,16,17)(H,19,20)/t11-,13+/m1/s1. The molecule has 0 spiro atoms. The summed E-state index contributed by atoms with van der Waals surface area (Å²) < 4.78 is 10.7. The number of carboxylic acids is 1. The maximum absolute atomic E-state index is 11.4. The number of hydrogen-bond donors (Lipinski definition) is 3. The fraction of sp³-hybridized carbons (Fsp3) is 0.333. The number of carbonyl (C=O) groups is 1. The second kappa shape index (κ2) is 5.69. The smallest absolute Gasteiger partial charge is 0.321 e. The van der Waals surface area contributed by atoms with Gasteiger partial charge in [-0.3, -0.25) is 10.1 Å². The van der Waals surface area contributed by atoms with E-state index < -0.39 is 12.0 Å². The zero-order valence-electron chi connectivity index (χ0n) is 12.3. The number of H-pyrrole nitrogens is 1. The van der Waals surface area contributed by atoms with Gasteiger partial charge in [-0.1, -0.05) is 0 Å². The molecule has 2 aromatic rings. The number of benzene rings is 1. The van der Waals surface area contributed by atoms with Gasteiger partial charge in [0.1, 0.15) is 17.5 Å². The first-order valence-corrected chi connectivity index (χ1v) is 6.87. The monoisotopic (exact) mass is 303 g/mol. The van der Waals surface area contributed by atoms with Gasteiger partial charge in [0.2, 0.25) is 0 Å². The molecular weight excluding hydrogens is 286 g/mol. The molecule has 1 aromatic carbocycles. The predicted molar refractivity (Wildman–Crippen MR) is 78.2 cm³/mol. The Bertz CT molecular complexity index is 698. The number of aliphatic carboxylic acids is 1. The molecule has 0 saturated heterocycles. The van der Waals surface area contributed by atoms with E-state index in [9.17, 15) is 9.90 Å². The van der Waals surface area contributed by atoms with Gasteiger partial charge in [0.05, 0.1) is 32.3 Å². The summed E-state index contributed by atoms with van der Waals surface area (Å²) in [5.41, 5.74) is 2.39. The zero-order chi connectivity index (χ0) is 15.7. The first-order chi connectivity index (χ1) is 10.6. The fourth-order valence-corrected chi connectivity index (χ4v) is 2.75. The normalized spacial score (nSPS) is 20.3. The fourth-order valence-electron chi connectivity index (χ4n) is 2.75. The second-order valence-corrected chi connectivity index (χ2v) is 5.07. The Morgan fingerprint density at radius 3 is 2.86 bits per heavy atom. The Kier molecular flexibility index (Phi) is 3.72. The van der Waals surface area contributed by atoms with Crippen LogP contribution in [0.1, 0.15) is 23.0 Å². The van der Waals surface area contributed by atoms with Crippen molar-refractivity contribution in [3.05, 3.63) is 41.5 Å². The van der Waals surface area contributed by atoms with Crippen molar-refractivity contribution in [2.24, 2.45) is 0 Å². The molecule has 1 aliphatic rings. The number of carboxylic acid groups (broad SMARTS) is 1. The number of aromatic amines is 1. The van der Waals surface area contributed by atoms with Crippen molar-refractivity contribution in [1.29, 1.82) is 0 Å². The van der Waals surface area contributed by atoms with Gasteiger partial charge in [-0.05, 0) is 18.2 Å². The summed E-state index contributed by atoms with van der Waals surface area (Å²) in [4.78, 5) is 18.7. The van der Waals surface area contributed by atoms with Crippen molar-refractivity contribution < 1.29 is 19.4 Å². The SMILES string of the molecule is COc1ccc(OC)c([C@@H]2N[C@@H](C(=O)O)Cc3[nH]cnc32)c1. The van der Waals surface area contributed by atoms with Gasteiger partial charge in [0, 0.05) is 17.7 Å². The molecule has 7 heteroatoms. The largest absolute Gasteiger partial charge is 0.497 e. The number of hydrogen-bond acceptors (Lipinski definition) is 5. The predicted octanol–water partition coefficient (Wildman–Crippen LogP) is 1.12. The number of imidazole rings is 1. The second-order valence-electron chi connectivity index (χ2n) is 5.07. The van der Waals surface area contributed by atoms with Crippen LogP contribution in [0.15, 0.2) is 24.5 Å². The Balaban J connectivity index is 2.09. The van der Waals surface area contributed by atoms with Gasteiger partial charge in [0.25, 0.3) is 0 Å². The zero-order valence-corrected chi connectivity index (χ0v) is 12.3. The van der Waals surface area contributed by atoms with Crippen LogP contribution in [-0.2, 0) is 11.2 Å². The van der Waals surface area contributed by atoms with Crippen LogP contribution in [0.4, 0.5) is 0 Å². The summed E-state index contributed by atoms with van der Waals surface area (Å²) in [6, 6.07) is 4.37. The molecule has 3 rings (SSSR count).